The van der Waals surface area contributed by atoms with Gasteiger partial charge in [0.2, 0.25) is 0 Å². The van der Waals surface area contributed by atoms with Crippen LogP contribution in [0.5, 0.6) is 0 Å². The lowest BCUT2D eigenvalue weighted by Crippen LogP contribution is -2.42. The van der Waals surface area contributed by atoms with E-state index in [1.165, 1.54) is 4.57 Å². The van der Waals surface area contributed by atoms with Gasteiger partial charge in [0.05, 0.1) is 12.6 Å². The lowest BCUT2D eigenvalue weighted by atomic mass is 10.1. The molecule has 1 saturated heterocycles. The van der Waals surface area contributed by atoms with Crippen molar-refractivity contribution in [3.8, 4) is 0 Å². The first-order chi connectivity index (χ1) is 16.2. The Hall–Kier alpha value is -2.17. The molecule has 2 aromatic rings. The molecule has 0 spiro atoms. The number of aliphatic carboxylic acids is 1. The van der Waals surface area contributed by atoms with Gasteiger partial charge in [-0.05, 0) is 10.9 Å². The van der Waals surface area contributed by atoms with E-state index < -0.39 is 68.2 Å². The van der Waals surface area contributed by atoms with Crippen molar-refractivity contribution in [2.75, 3.05) is 23.5 Å². The maximum absolute atomic E-state index is 11.6. The zero-order valence-electron chi connectivity index (χ0n) is 17.9. The third-order valence-electron chi connectivity index (χ3n) is 4.96. The molecule has 2 aromatic heterocycles. The second-order valence-electron chi connectivity index (χ2n) is 7.51. The van der Waals surface area contributed by atoms with Crippen LogP contribution in [0, 0.1) is 0 Å². The molecule has 1 unspecified atom stereocenters. The molecule has 3 heterocycles. The van der Waals surface area contributed by atoms with E-state index in [-0.39, 0.29) is 29.2 Å². The molecule has 35 heavy (non-hydrogen) atoms. The minimum Gasteiger partial charge on any atom is -0.480 e. The van der Waals surface area contributed by atoms with Crippen molar-refractivity contribution in [1.82, 2.24) is 19.5 Å². The Morgan fingerprint density at radius 1 is 1.20 bits per heavy atom. The average molecular weight is 560 g/mol. The van der Waals surface area contributed by atoms with Gasteiger partial charge < -0.3 is 21.3 Å². The number of ether oxygens (including phenoxy) is 1. The predicted octanol–water partition coefficient (Wildman–Crippen LogP) is -2.27. The zero-order chi connectivity index (χ0) is 26.1. The molecule has 0 bridgehead atoms. The van der Waals surface area contributed by atoms with Crippen molar-refractivity contribution in [2.45, 2.75) is 37.0 Å². The molecule has 1 fully saturated rings. The monoisotopic (exact) mass is 559 g/mol. The quantitative estimate of drug-likeness (QED) is 0.143. The average Bonchev–Trinajstić information content (AvgIpc) is 3.27. The highest BCUT2D eigenvalue weighted by Gasteiger charge is 2.53. The molecule has 3 rings (SSSR count). The molecule has 1 aliphatic rings. The maximum atomic E-state index is 11.6. The summed E-state index contributed by atoms with van der Waals surface area (Å²) in [5.41, 5.74) is 11.5. The van der Waals surface area contributed by atoms with Gasteiger partial charge in [0.15, 0.2) is 23.8 Å². The molecule has 0 aliphatic carbocycles. The van der Waals surface area contributed by atoms with Crippen molar-refractivity contribution in [3.63, 3.8) is 0 Å². The number of carboxylic acids is 1. The normalized spacial score (nSPS) is 25.0. The van der Waals surface area contributed by atoms with Crippen molar-refractivity contribution >= 4 is 54.6 Å². The number of anilines is 1. The maximum Gasteiger partial charge on any atom is 0.397 e. The van der Waals surface area contributed by atoms with Crippen LogP contribution in [-0.4, -0.2) is 98.7 Å². The molecule has 196 valence electrons. The highest BCUT2D eigenvalue weighted by molar-refractivity contribution is 7.96. The van der Waals surface area contributed by atoms with Gasteiger partial charge in [-0.25, -0.2) is 23.3 Å². The number of nitrogens with two attached hydrogens (primary N) is 2. The van der Waals surface area contributed by atoms with Crippen LogP contribution in [0.4, 0.5) is 5.82 Å². The molecule has 0 amide bonds. The molecule has 6 atom stereocenters. The number of nitrogen functional groups attached to an aromatic ring is 1. The lowest BCUT2D eigenvalue weighted by Gasteiger charge is -2.21. The first-order valence-corrected chi connectivity index (χ1v) is 14.3. The molecule has 17 nitrogen and oxygen atoms in total. The summed E-state index contributed by atoms with van der Waals surface area (Å²) in [6, 6.07) is -1.12. The molecule has 7 N–H and O–H groups in total. The Bertz CT molecular complexity index is 1290. The fraction of sp³-hybridized carbons (Fsp3) is 0.600. The molecular formula is C15H23N6O11S3+. The van der Waals surface area contributed by atoms with Gasteiger partial charge >= 0.3 is 26.8 Å². The van der Waals surface area contributed by atoms with Crippen molar-refractivity contribution < 1.29 is 48.9 Å². The third-order valence-corrected chi connectivity index (χ3v) is 7.72. The van der Waals surface area contributed by atoms with E-state index in [4.69, 9.17) is 29.7 Å². The van der Waals surface area contributed by atoms with E-state index >= 15 is 0 Å². The van der Waals surface area contributed by atoms with Crippen LogP contribution >= 0.6 is 0 Å². The van der Waals surface area contributed by atoms with Gasteiger partial charge in [-0.1, -0.05) is 0 Å². The van der Waals surface area contributed by atoms with Crippen LogP contribution in [0.3, 0.4) is 0 Å². The van der Waals surface area contributed by atoms with Crippen LogP contribution in [0.25, 0.3) is 11.2 Å². The van der Waals surface area contributed by atoms with Gasteiger partial charge in [-0.15, -0.1) is 0 Å². The molecule has 0 radical (unpaired) electrons. The van der Waals surface area contributed by atoms with Gasteiger partial charge in [-0.2, -0.15) is 16.8 Å². The second kappa shape index (κ2) is 10.4. The third kappa shape index (κ3) is 6.95. The summed E-state index contributed by atoms with van der Waals surface area (Å²) in [6.07, 6.45) is -2.18. The lowest BCUT2D eigenvalue weighted by molar-refractivity contribution is -0.138. The van der Waals surface area contributed by atoms with Gasteiger partial charge in [0.25, 0.3) is 0 Å². The number of carbonyl (C=O) groups is 1. The Balaban J connectivity index is 1.97. The minimum atomic E-state index is -5.17. The van der Waals surface area contributed by atoms with E-state index in [0.717, 1.165) is 12.7 Å². The molecule has 0 saturated carbocycles. The highest BCUT2D eigenvalue weighted by Crippen LogP contribution is 2.37. The minimum absolute atomic E-state index is 0.00819. The summed E-state index contributed by atoms with van der Waals surface area (Å²) < 4.78 is 81.3. The van der Waals surface area contributed by atoms with E-state index in [0.29, 0.717) is 5.75 Å². The summed E-state index contributed by atoms with van der Waals surface area (Å²) in [5.74, 6) is -0.871. The predicted molar refractivity (Wildman–Crippen MR) is 120 cm³/mol. The summed E-state index contributed by atoms with van der Waals surface area (Å²) in [6.45, 7) is 0. The van der Waals surface area contributed by atoms with Crippen LogP contribution < -0.4 is 11.5 Å². The Labute approximate surface area is 202 Å². The Morgan fingerprint density at radius 2 is 1.83 bits per heavy atom. The summed E-state index contributed by atoms with van der Waals surface area (Å²) in [4.78, 5) is 22.8. The second-order valence-corrected chi connectivity index (χ2v) is 11.9. The first-order valence-electron chi connectivity index (χ1n) is 9.63. The van der Waals surface area contributed by atoms with Crippen LogP contribution in [0.15, 0.2) is 12.7 Å². The van der Waals surface area contributed by atoms with Crippen LogP contribution in [-0.2, 0) is 49.6 Å². The number of imidazole rings is 1. The van der Waals surface area contributed by atoms with Crippen molar-refractivity contribution in [1.29, 1.82) is 0 Å². The van der Waals surface area contributed by atoms with E-state index in [1.807, 2.05) is 0 Å². The van der Waals surface area contributed by atoms with Crippen LogP contribution in [0.1, 0.15) is 12.6 Å². The highest BCUT2D eigenvalue weighted by atomic mass is 32.3. The number of aromatic nitrogens is 4. The smallest absolute Gasteiger partial charge is 0.397 e. The number of hydrogen-bond donors (Lipinski definition) is 5. The molecule has 1 aliphatic heterocycles. The summed E-state index contributed by atoms with van der Waals surface area (Å²) in [7, 11) is -11.0. The van der Waals surface area contributed by atoms with Crippen molar-refractivity contribution in [2.24, 2.45) is 5.73 Å². The fourth-order valence-corrected chi connectivity index (χ4v) is 6.09. The van der Waals surface area contributed by atoms with Gasteiger partial charge in [-0.3, -0.25) is 18.5 Å². The van der Waals surface area contributed by atoms with Crippen LogP contribution in [0.2, 0.25) is 0 Å². The SMILES string of the molecule is C[S+](CC[C@H](N)C(=O)O)C[C@H]1O[C@@H](n2cnc3c(N)ncnc32)[C@H](OS(=O)(=O)O)[C@@H]1OS(=O)(=O)O. The topological polar surface area (TPSA) is 269 Å². The molecule has 0 aromatic carbocycles. The molecular weight excluding hydrogens is 536 g/mol. The summed E-state index contributed by atoms with van der Waals surface area (Å²) in [5, 5.41) is 8.95. The number of rotatable bonds is 11. The number of hydrogen-bond acceptors (Lipinski definition) is 13. The van der Waals surface area contributed by atoms with E-state index in [2.05, 4.69) is 15.0 Å². The Kier molecular flexibility index (Phi) is 8.18. The summed E-state index contributed by atoms with van der Waals surface area (Å²) >= 11 is 0. The van der Waals surface area contributed by atoms with Gasteiger partial charge in [0.1, 0.15) is 41.6 Å². The van der Waals surface area contributed by atoms with E-state index in [1.54, 1.807) is 6.26 Å². The largest absolute Gasteiger partial charge is 0.480 e. The number of nitrogens with zero attached hydrogens (tertiary/aromatic N) is 4. The standard InChI is InChI=1S/C15H22N6O11S3/c1-33(3-2-7(16)15(22)23)4-8-10(31-34(24,25)26)11(32-35(27,28)29)14(30-8)21-6-20-9-12(17)18-5-19-13(9)21/h5-8,10-11,14H,2-4,16H2,1H3,(H4-,17,18,19,22,23,24,25,26,27,28,29)/p+1/t7-,8+,10+,11+,14+,33?/m0/s1. The van der Waals surface area contributed by atoms with Crippen molar-refractivity contribution in [3.05, 3.63) is 12.7 Å². The molecule has 20 heteroatoms. The van der Waals surface area contributed by atoms with Gasteiger partial charge in [0, 0.05) is 6.42 Å². The number of fused-ring (bicyclic) bond motifs is 1. The van der Waals surface area contributed by atoms with E-state index in [9.17, 15) is 30.7 Å². The fourth-order valence-electron chi connectivity index (χ4n) is 3.44. The number of carboxylic acid groups (broad SMARTS) is 1. The zero-order valence-corrected chi connectivity index (χ0v) is 20.4. The first kappa shape index (κ1) is 27.4. The Morgan fingerprint density at radius 3 is 2.43 bits per heavy atom.